The highest BCUT2D eigenvalue weighted by Crippen LogP contribution is 2.33. The molecule has 0 fully saturated rings. The van der Waals surface area contributed by atoms with Crippen LogP contribution in [0.1, 0.15) is 37.3 Å². The van der Waals surface area contributed by atoms with Gasteiger partial charge in [0, 0.05) is 21.5 Å². The number of hydrogen-bond donors (Lipinski definition) is 1. The molecule has 0 aliphatic heterocycles. The molecule has 0 bridgehead atoms. The summed E-state index contributed by atoms with van der Waals surface area (Å²) in [6, 6.07) is 5.99. The highest BCUT2D eigenvalue weighted by molar-refractivity contribution is 9.10. The van der Waals surface area contributed by atoms with Crippen molar-refractivity contribution < 1.29 is 0 Å². The van der Waals surface area contributed by atoms with E-state index in [0.717, 1.165) is 52.4 Å². The summed E-state index contributed by atoms with van der Waals surface area (Å²) in [6.45, 7) is 6.34. The topological polar surface area (TPSA) is 24.9 Å². The van der Waals surface area contributed by atoms with Crippen molar-refractivity contribution in [1.29, 1.82) is 0 Å². The fourth-order valence-corrected chi connectivity index (χ4v) is 3.66. The molecule has 1 N–H and O–H groups in total. The zero-order chi connectivity index (χ0) is 15.2. The van der Waals surface area contributed by atoms with E-state index >= 15 is 0 Å². The summed E-state index contributed by atoms with van der Waals surface area (Å²) in [5.74, 6) is 0. The zero-order valence-electron chi connectivity index (χ0n) is 12.4. The van der Waals surface area contributed by atoms with Crippen LogP contribution >= 0.6 is 38.9 Å². The molecule has 0 amide bonds. The van der Waals surface area contributed by atoms with Gasteiger partial charge in [0.15, 0.2) is 0 Å². The average molecular weight is 388 g/mol. The van der Waals surface area contributed by atoms with Crippen molar-refractivity contribution in [3.8, 4) is 10.6 Å². The summed E-state index contributed by atoms with van der Waals surface area (Å²) in [4.78, 5) is 6.19. The minimum absolute atomic E-state index is 0.730. The van der Waals surface area contributed by atoms with E-state index in [-0.39, 0.29) is 0 Å². The van der Waals surface area contributed by atoms with Crippen molar-refractivity contribution in [3.63, 3.8) is 0 Å². The first-order valence-corrected chi connectivity index (χ1v) is 9.29. The van der Waals surface area contributed by atoms with Crippen LogP contribution in [0.2, 0.25) is 5.02 Å². The molecular weight excluding hydrogens is 368 g/mol. The second-order valence-electron chi connectivity index (χ2n) is 4.94. The molecule has 0 unspecified atom stereocenters. The number of thiazole rings is 1. The van der Waals surface area contributed by atoms with Crippen molar-refractivity contribution in [3.05, 3.63) is 38.3 Å². The number of aryl methyl sites for hydroxylation is 1. The average Bonchev–Trinajstić information content (AvgIpc) is 2.86. The van der Waals surface area contributed by atoms with Crippen LogP contribution in [0.25, 0.3) is 10.6 Å². The van der Waals surface area contributed by atoms with Gasteiger partial charge >= 0.3 is 0 Å². The molecule has 114 valence electrons. The second kappa shape index (κ2) is 8.28. The molecule has 0 radical (unpaired) electrons. The first-order valence-electron chi connectivity index (χ1n) is 7.30. The van der Waals surface area contributed by atoms with Gasteiger partial charge in [0.25, 0.3) is 0 Å². The molecule has 0 saturated heterocycles. The Morgan fingerprint density at radius 1 is 1.29 bits per heavy atom. The van der Waals surface area contributed by atoms with Gasteiger partial charge in [-0.25, -0.2) is 4.98 Å². The Kier molecular flexibility index (Phi) is 6.68. The van der Waals surface area contributed by atoms with Gasteiger partial charge in [-0.05, 0) is 47.4 Å². The van der Waals surface area contributed by atoms with Crippen LogP contribution < -0.4 is 5.32 Å². The molecule has 2 aromatic rings. The summed E-state index contributed by atoms with van der Waals surface area (Å²) in [5, 5.41) is 5.28. The lowest BCUT2D eigenvalue weighted by molar-refractivity contribution is 0.674. The van der Waals surface area contributed by atoms with Crippen LogP contribution in [-0.4, -0.2) is 11.5 Å². The quantitative estimate of drug-likeness (QED) is 0.618. The molecule has 21 heavy (non-hydrogen) atoms. The molecule has 0 atom stereocenters. The van der Waals surface area contributed by atoms with Crippen molar-refractivity contribution in [2.75, 3.05) is 6.54 Å². The molecule has 0 aliphatic rings. The van der Waals surface area contributed by atoms with Gasteiger partial charge in [0.05, 0.1) is 10.7 Å². The molecule has 0 spiro atoms. The highest BCUT2D eigenvalue weighted by atomic mass is 79.9. The summed E-state index contributed by atoms with van der Waals surface area (Å²) in [5.41, 5.74) is 2.35. The van der Waals surface area contributed by atoms with Crippen molar-refractivity contribution >= 4 is 38.9 Å². The fraction of sp³-hybridized carbons (Fsp3) is 0.438. The van der Waals surface area contributed by atoms with Crippen LogP contribution in [-0.2, 0) is 13.0 Å². The standard InChI is InChI=1S/C16H20BrClN2S/c1-3-5-14-15(10-19-8-4-2)21-16(20-14)11-6-7-13(18)12(17)9-11/h6-7,9,19H,3-5,8,10H2,1-2H3. The molecule has 0 aliphatic carbocycles. The van der Waals surface area contributed by atoms with Crippen LogP contribution in [0.15, 0.2) is 22.7 Å². The number of nitrogens with one attached hydrogen (secondary N) is 1. The van der Waals surface area contributed by atoms with E-state index < -0.39 is 0 Å². The van der Waals surface area contributed by atoms with E-state index in [9.17, 15) is 0 Å². The van der Waals surface area contributed by atoms with Crippen molar-refractivity contribution in [2.45, 2.75) is 39.7 Å². The van der Waals surface area contributed by atoms with Gasteiger partial charge < -0.3 is 5.32 Å². The first kappa shape index (κ1) is 16.9. The smallest absolute Gasteiger partial charge is 0.123 e. The maximum Gasteiger partial charge on any atom is 0.123 e. The third-order valence-corrected chi connectivity index (χ3v) is 5.50. The van der Waals surface area contributed by atoms with Crippen LogP contribution in [0, 0.1) is 0 Å². The van der Waals surface area contributed by atoms with Crippen molar-refractivity contribution in [1.82, 2.24) is 10.3 Å². The minimum Gasteiger partial charge on any atom is -0.312 e. The molecule has 2 nitrogen and oxygen atoms in total. The SMILES string of the molecule is CCCNCc1sc(-c2ccc(Cl)c(Br)c2)nc1CCC. The fourth-order valence-electron chi connectivity index (χ4n) is 2.08. The van der Waals surface area contributed by atoms with Crippen LogP contribution in [0.3, 0.4) is 0 Å². The number of rotatable bonds is 7. The van der Waals surface area contributed by atoms with E-state index in [1.54, 1.807) is 11.3 Å². The maximum absolute atomic E-state index is 6.06. The zero-order valence-corrected chi connectivity index (χ0v) is 15.5. The normalized spacial score (nSPS) is 11.0. The molecule has 5 heteroatoms. The van der Waals surface area contributed by atoms with Gasteiger partial charge in [-0.3, -0.25) is 0 Å². The Morgan fingerprint density at radius 2 is 2.10 bits per heavy atom. The molecule has 0 saturated carbocycles. The largest absolute Gasteiger partial charge is 0.312 e. The second-order valence-corrected chi connectivity index (χ2v) is 7.29. The van der Waals surface area contributed by atoms with Crippen molar-refractivity contribution in [2.24, 2.45) is 0 Å². The number of aromatic nitrogens is 1. The molecule has 1 aromatic carbocycles. The van der Waals surface area contributed by atoms with E-state index in [2.05, 4.69) is 35.1 Å². The monoisotopic (exact) mass is 386 g/mol. The lowest BCUT2D eigenvalue weighted by atomic mass is 10.2. The Balaban J connectivity index is 2.26. The summed E-state index contributed by atoms with van der Waals surface area (Å²) < 4.78 is 0.916. The Hall–Kier alpha value is -0.420. The predicted molar refractivity (Wildman–Crippen MR) is 96.3 cm³/mol. The maximum atomic E-state index is 6.06. The summed E-state index contributed by atoms with van der Waals surface area (Å²) >= 11 is 11.3. The highest BCUT2D eigenvalue weighted by Gasteiger charge is 2.12. The summed E-state index contributed by atoms with van der Waals surface area (Å²) in [7, 11) is 0. The molecule has 1 aromatic heterocycles. The van der Waals surface area contributed by atoms with E-state index in [1.807, 2.05) is 18.2 Å². The van der Waals surface area contributed by atoms with E-state index in [1.165, 1.54) is 10.6 Å². The van der Waals surface area contributed by atoms with Gasteiger partial charge in [0.1, 0.15) is 5.01 Å². The molecular formula is C16H20BrClN2S. The molecule has 2 rings (SSSR count). The van der Waals surface area contributed by atoms with Gasteiger partial charge in [-0.1, -0.05) is 37.9 Å². The lowest BCUT2D eigenvalue weighted by Gasteiger charge is -2.02. The third-order valence-electron chi connectivity index (χ3n) is 3.14. The predicted octanol–water partition coefficient (Wildman–Crippen LogP) is 5.68. The molecule has 1 heterocycles. The van der Waals surface area contributed by atoms with E-state index in [0.29, 0.717) is 0 Å². The Morgan fingerprint density at radius 3 is 2.76 bits per heavy atom. The number of benzene rings is 1. The summed E-state index contributed by atoms with van der Waals surface area (Å²) in [6.07, 6.45) is 3.31. The Bertz CT molecular complexity index is 598. The Labute approximate surface area is 144 Å². The van der Waals surface area contributed by atoms with Crippen LogP contribution in [0.4, 0.5) is 0 Å². The van der Waals surface area contributed by atoms with E-state index in [4.69, 9.17) is 16.6 Å². The van der Waals surface area contributed by atoms with Gasteiger partial charge in [0.2, 0.25) is 0 Å². The first-order chi connectivity index (χ1) is 10.2. The van der Waals surface area contributed by atoms with Crippen LogP contribution in [0.5, 0.6) is 0 Å². The number of nitrogens with zero attached hydrogens (tertiary/aromatic N) is 1. The van der Waals surface area contributed by atoms with Gasteiger partial charge in [-0.2, -0.15) is 0 Å². The number of hydrogen-bond acceptors (Lipinski definition) is 3. The van der Waals surface area contributed by atoms with Gasteiger partial charge in [-0.15, -0.1) is 11.3 Å². The minimum atomic E-state index is 0.730. The third kappa shape index (κ3) is 4.52. The number of halogens is 2. The lowest BCUT2D eigenvalue weighted by Crippen LogP contribution is -2.13.